The fraction of sp³-hybridized carbons (Fsp3) is 0.700. The zero-order valence-electron chi connectivity index (χ0n) is 9.96. The molecule has 7 heteroatoms. The van der Waals surface area contributed by atoms with E-state index in [4.69, 9.17) is 0 Å². The maximum atomic E-state index is 11.8. The van der Waals surface area contributed by atoms with Crippen LogP contribution in [0.25, 0.3) is 0 Å². The van der Waals surface area contributed by atoms with Crippen molar-refractivity contribution in [3.05, 3.63) is 18.0 Å². The van der Waals surface area contributed by atoms with Crippen LogP contribution in [0.3, 0.4) is 0 Å². The molecule has 17 heavy (non-hydrogen) atoms. The quantitative estimate of drug-likeness (QED) is 0.765. The number of rotatable bonds is 6. The Bertz CT molecular complexity index is 335. The van der Waals surface area contributed by atoms with Gasteiger partial charge in [-0.1, -0.05) is 0 Å². The number of nitrogens with one attached hydrogen (secondary N) is 1. The van der Waals surface area contributed by atoms with E-state index in [2.05, 4.69) is 10.4 Å². The first-order valence-electron chi connectivity index (χ1n) is 5.30. The van der Waals surface area contributed by atoms with Gasteiger partial charge in [-0.2, -0.15) is 18.3 Å². The first-order valence-corrected chi connectivity index (χ1v) is 5.30. The Morgan fingerprint density at radius 2 is 2.18 bits per heavy atom. The smallest absolute Gasteiger partial charge is 0.307 e. The van der Waals surface area contributed by atoms with Crippen molar-refractivity contribution in [2.24, 2.45) is 7.05 Å². The highest BCUT2D eigenvalue weighted by atomic mass is 19.4. The van der Waals surface area contributed by atoms with Gasteiger partial charge in [0, 0.05) is 38.4 Å². The zero-order chi connectivity index (χ0) is 12.9. The van der Waals surface area contributed by atoms with Gasteiger partial charge in [-0.25, -0.2) is 0 Å². The Kier molecular flexibility index (Phi) is 4.95. The van der Waals surface area contributed by atoms with Gasteiger partial charge in [-0.05, 0) is 7.05 Å². The molecule has 98 valence electrons. The largest absolute Gasteiger partial charge is 0.401 e. The highest BCUT2D eigenvalue weighted by Crippen LogP contribution is 2.11. The number of halogens is 3. The minimum Gasteiger partial charge on any atom is -0.307 e. The molecular weight excluding hydrogens is 233 g/mol. The fourth-order valence-electron chi connectivity index (χ4n) is 1.44. The van der Waals surface area contributed by atoms with Crippen LogP contribution in [0.1, 0.15) is 5.56 Å². The summed E-state index contributed by atoms with van der Waals surface area (Å²) in [5.74, 6) is 0. The molecule has 0 unspecified atom stereocenters. The summed E-state index contributed by atoms with van der Waals surface area (Å²) in [6, 6.07) is 0. The molecule has 0 fully saturated rings. The van der Waals surface area contributed by atoms with Crippen LogP contribution >= 0.6 is 0 Å². The van der Waals surface area contributed by atoms with Gasteiger partial charge in [-0.3, -0.25) is 4.68 Å². The van der Waals surface area contributed by atoms with Crippen molar-refractivity contribution in [2.45, 2.75) is 12.7 Å². The molecule has 0 saturated heterocycles. The van der Waals surface area contributed by atoms with E-state index in [-0.39, 0.29) is 0 Å². The fourth-order valence-corrected chi connectivity index (χ4v) is 1.44. The summed E-state index contributed by atoms with van der Waals surface area (Å²) in [6.07, 6.45) is -0.499. The van der Waals surface area contributed by atoms with E-state index in [1.165, 1.54) is 0 Å². The Morgan fingerprint density at radius 1 is 1.47 bits per heavy atom. The maximum Gasteiger partial charge on any atom is 0.401 e. The third-order valence-corrected chi connectivity index (χ3v) is 2.21. The van der Waals surface area contributed by atoms with Crippen LogP contribution in [0.5, 0.6) is 0 Å². The molecule has 0 atom stereocenters. The predicted octanol–water partition coefficient (Wildman–Crippen LogP) is 1.00. The van der Waals surface area contributed by atoms with Crippen molar-refractivity contribution in [1.29, 1.82) is 0 Å². The molecule has 0 amide bonds. The van der Waals surface area contributed by atoms with Gasteiger partial charge in [0.15, 0.2) is 0 Å². The average Bonchev–Trinajstić information content (AvgIpc) is 2.57. The Hall–Kier alpha value is -1.08. The van der Waals surface area contributed by atoms with Crippen molar-refractivity contribution < 1.29 is 13.2 Å². The molecule has 0 radical (unpaired) electrons. The molecule has 4 nitrogen and oxygen atoms in total. The summed E-state index contributed by atoms with van der Waals surface area (Å²) in [5.41, 5.74) is 1.05. The van der Waals surface area contributed by atoms with Gasteiger partial charge < -0.3 is 10.2 Å². The number of aromatic nitrogens is 2. The van der Waals surface area contributed by atoms with Crippen LogP contribution < -0.4 is 5.32 Å². The summed E-state index contributed by atoms with van der Waals surface area (Å²) in [4.78, 5) is 1.94. The Balaban J connectivity index is 2.15. The molecule has 1 heterocycles. The normalized spacial score (nSPS) is 12.4. The molecule has 0 aromatic carbocycles. The first-order chi connectivity index (χ1) is 7.87. The predicted molar refractivity (Wildman–Crippen MR) is 58.5 cm³/mol. The Morgan fingerprint density at radius 3 is 2.71 bits per heavy atom. The molecular formula is C10H17F3N4. The van der Waals surface area contributed by atoms with E-state index in [1.54, 1.807) is 10.9 Å². The lowest BCUT2D eigenvalue weighted by atomic mass is 10.3. The minimum atomic E-state index is -4.14. The summed E-state index contributed by atoms with van der Waals surface area (Å²) in [5, 5.41) is 6.38. The third kappa shape index (κ3) is 6.28. The van der Waals surface area contributed by atoms with Crippen LogP contribution in [-0.2, 0) is 13.6 Å². The second kappa shape index (κ2) is 6.02. The number of aryl methyl sites for hydroxylation is 1. The number of likely N-dealkylation sites (N-methyl/N-ethyl adjacent to an activating group) is 1. The van der Waals surface area contributed by atoms with Crippen molar-refractivity contribution >= 4 is 0 Å². The summed E-state index contributed by atoms with van der Waals surface area (Å²) >= 11 is 0. The molecule has 0 spiro atoms. The highest BCUT2D eigenvalue weighted by Gasteiger charge is 2.25. The monoisotopic (exact) mass is 250 g/mol. The summed E-state index contributed by atoms with van der Waals surface area (Å²) in [6.45, 7) is 0.622. The van der Waals surface area contributed by atoms with E-state index >= 15 is 0 Å². The van der Waals surface area contributed by atoms with E-state index in [1.807, 2.05) is 25.2 Å². The van der Waals surface area contributed by atoms with Crippen LogP contribution in [-0.4, -0.2) is 47.5 Å². The van der Waals surface area contributed by atoms with E-state index < -0.39 is 12.7 Å². The van der Waals surface area contributed by atoms with Gasteiger partial charge in [0.05, 0.1) is 12.7 Å². The SMILES string of the molecule is CN(CCNCC(F)(F)F)Cc1cnn(C)c1. The van der Waals surface area contributed by atoms with Gasteiger partial charge >= 0.3 is 6.18 Å². The second-order valence-corrected chi connectivity index (χ2v) is 4.05. The van der Waals surface area contributed by atoms with Gasteiger partial charge in [0.25, 0.3) is 0 Å². The standard InChI is InChI=1S/C10H17F3N4/c1-16(4-3-14-8-10(11,12)13)6-9-5-15-17(2)7-9/h5,7,14H,3-4,6,8H2,1-2H3. The number of hydrogen-bond donors (Lipinski definition) is 1. The average molecular weight is 250 g/mol. The van der Waals surface area contributed by atoms with Gasteiger partial charge in [0.2, 0.25) is 0 Å². The second-order valence-electron chi connectivity index (χ2n) is 4.05. The number of alkyl halides is 3. The van der Waals surface area contributed by atoms with E-state index in [0.29, 0.717) is 19.6 Å². The molecule has 0 bridgehead atoms. The third-order valence-electron chi connectivity index (χ3n) is 2.21. The molecule has 0 aliphatic rings. The Labute approximate surface area is 98.4 Å². The highest BCUT2D eigenvalue weighted by molar-refractivity contribution is 5.02. The molecule has 1 rings (SSSR count). The van der Waals surface area contributed by atoms with Crippen LogP contribution in [0.2, 0.25) is 0 Å². The van der Waals surface area contributed by atoms with Crippen LogP contribution in [0, 0.1) is 0 Å². The first kappa shape index (κ1) is 14.0. The number of nitrogens with zero attached hydrogens (tertiary/aromatic N) is 3. The minimum absolute atomic E-state index is 0.316. The molecule has 1 aromatic heterocycles. The molecule has 0 aliphatic carbocycles. The molecule has 0 saturated carbocycles. The molecule has 1 N–H and O–H groups in total. The zero-order valence-corrected chi connectivity index (χ0v) is 9.96. The van der Waals surface area contributed by atoms with Crippen molar-refractivity contribution in [3.8, 4) is 0 Å². The van der Waals surface area contributed by atoms with Crippen LogP contribution in [0.15, 0.2) is 12.4 Å². The summed E-state index contributed by atoms with van der Waals surface area (Å²) in [7, 11) is 3.69. The topological polar surface area (TPSA) is 33.1 Å². The van der Waals surface area contributed by atoms with Crippen LogP contribution in [0.4, 0.5) is 13.2 Å². The van der Waals surface area contributed by atoms with E-state index in [0.717, 1.165) is 5.56 Å². The molecule has 1 aromatic rings. The van der Waals surface area contributed by atoms with Crippen molar-refractivity contribution in [3.63, 3.8) is 0 Å². The number of hydrogen-bond acceptors (Lipinski definition) is 3. The maximum absolute atomic E-state index is 11.8. The van der Waals surface area contributed by atoms with Gasteiger partial charge in [-0.15, -0.1) is 0 Å². The van der Waals surface area contributed by atoms with Crippen molar-refractivity contribution in [1.82, 2.24) is 20.0 Å². The lowest BCUT2D eigenvalue weighted by Gasteiger charge is -2.16. The lowest BCUT2D eigenvalue weighted by molar-refractivity contribution is -0.124. The lowest BCUT2D eigenvalue weighted by Crippen LogP contribution is -2.34. The molecule has 0 aliphatic heterocycles. The van der Waals surface area contributed by atoms with Gasteiger partial charge in [0.1, 0.15) is 0 Å². The summed E-state index contributed by atoms with van der Waals surface area (Å²) < 4.78 is 37.2. The van der Waals surface area contributed by atoms with E-state index in [9.17, 15) is 13.2 Å². The van der Waals surface area contributed by atoms with Crippen molar-refractivity contribution in [2.75, 3.05) is 26.7 Å².